The topological polar surface area (TPSA) is 89.6 Å². The van der Waals surface area contributed by atoms with E-state index in [0.29, 0.717) is 24.1 Å². The maximum atomic E-state index is 13.4. The minimum atomic E-state index is -0.640. The van der Waals surface area contributed by atoms with Gasteiger partial charge in [-0.05, 0) is 60.7 Å². The summed E-state index contributed by atoms with van der Waals surface area (Å²) in [4.78, 5) is 30.2. The summed E-state index contributed by atoms with van der Waals surface area (Å²) in [6, 6.07) is 19.9. The molecule has 1 unspecified atom stereocenters. The largest absolute Gasteiger partial charge is 0.497 e. The molecule has 1 aromatic heterocycles. The highest BCUT2D eigenvalue weighted by Crippen LogP contribution is 2.30. The van der Waals surface area contributed by atoms with Crippen molar-refractivity contribution in [2.75, 3.05) is 7.11 Å². The number of aryl methyl sites for hydroxylation is 2. The fourth-order valence-corrected chi connectivity index (χ4v) is 3.95. The summed E-state index contributed by atoms with van der Waals surface area (Å²) in [5, 5.41) is 5.72. The molecule has 2 N–H and O–H groups in total. The van der Waals surface area contributed by atoms with E-state index >= 15 is 0 Å². The van der Waals surface area contributed by atoms with Gasteiger partial charge in [0.1, 0.15) is 12.4 Å². The standard InChI is InChI=1S/C27H27N3O4/c1-18-15-21(13-14-28-18)25-24(26(31)34-17-20-7-4-3-5-8-20)23(29-27(32)30-25)12-11-19-9-6-10-22(16-19)33-2/h3-10,13-16,25H,11-12,17H2,1-2H3,(H2,29,30,32). The van der Waals surface area contributed by atoms with Crippen LogP contribution in [0.2, 0.25) is 0 Å². The van der Waals surface area contributed by atoms with Crippen LogP contribution in [0.15, 0.2) is 84.2 Å². The molecule has 0 radical (unpaired) electrons. The number of amides is 2. The third-order valence-corrected chi connectivity index (χ3v) is 5.64. The van der Waals surface area contributed by atoms with E-state index in [9.17, 15) is 9.59 Å². The van der Waals surface area contributed by atoms with Crippen LogP contribution in [0, 0.1) is 6.92 Å². The number of benzene rings is 2. The first-order valence-corrected chi connectivity index (χ1v) is 11.1. The van der Waals surface area contributed by atoms with Crippen molar-refractivity contribution in [3.63, 3.8) is 0 Å². The Hall–Kier alpha value is -4.13. The predicted octanol–water partition coefficient (Wildman–Crippen LogP) is 4.38. The van der Waals surface area contributed by atoms with Gasteiger partial charge in [0.2, 0.25) is 0 Å². The number of ether oxygens (including phenoxy) is 2. The van der Waals surface area contributed by atoms with Gasteiger partial charge >= 0.3 is 12.0 Å². The Labute approximate surface area is 198 Å². The SMILES string of the molecule is COc1cccc(CCC2=C(C(=O)OCc3ccccc3)C(c3ccnc(C)c3)NC(=O)N2)c1. The van der Waals surface area contributed by atoms with Crippen molar-refractivity contribution in [3.8, 4) is 5.75 Å². The lowest BCUT2D eigenvalue weighted by atomic mass is 9.93. The molecule has 1 aliphatic rings. The summed E-state index contributed by atoms with van der Waals surface area (Å²) < 4.78 is 11.0. The second kappa shape index (κ2) is 10.7. The fourth-order valence-electron chi connectivity index (χ4n) is 3.95. The number of esters is 1. The van der Waals surface area contributed by atoms with Crippen LogP contribution in [-0.2, 0) is 22.6 Å². The number of hydrogen-bond acceptors (Lipinski definition) is 5. The number of hydrogen-bond donors (Lipinski definition) is 2. The van der Waals surface area contributed by atoms with Crippen molar-refractivity contribution in [2.24, 2.45) is 0 Å². The molecule has 0 bridgehead atoms. The van der Waals surface area contributed by atoms with Gasteiger partial charge in [-0.1, -0.05) is 42.5 Å². The molecule has 0 saturated carbocycles. The number of pyridine rings is 1. The fraction of sp³-hybridized carbons (Fsp3) is 0.222. The molecule has 1 atom stereocenters. The zero-order chi connectivity index (χ0) is 23.9. The van der Waals surface area contributed by atoms with Gasteiger partial charge in [0.25, 0.3) is 0 Å². The first kappa shape index (κ1) is 23.0. The highest BCUT2D eigenvalue weighted by atomic mass is 16.5. The van der Waals surface area contributed by atoms with Crippen molar-refractivity contribution >= 4 is 12.0 Å². The molecule has 1 aliphatic heterocycles. The van der Waals surface area contributed by atoms with E-state index in [1.54, 1.807) is 19.4 Å². The molecular weight excluding hydrogens is 430 g/mol. The first-order valence-electron chi connectivity index (χ1n) is 11.1. The van der Waals surface area contributed by atoms with Gasteiger partial charge in [0.05, 0.1) is 18.7 Å². The summed E-state index contributed by atoms with van der Waals surface area (Å²) in [5.74, 6) is 0.282. The maximum absolute atomic E-state index is 13.4. The minimum absolute atomic E-state index is 0.141. The Bertz CT molecular complexity index is 1210. The molecule has 0 spiro atoms. The molecule has 0 fully saturated rings. The number of carbonyl (C=O) groups excluding carboxylic acids is 2. The van der Waals surface area contributed by atoms with E-state index in [1.807, 2.05) is 67.6 Å². The summed E-state index contributed by atoms with van der Waals surface area (Å²) >= 11 is 0. The van der Waals surface area contributed by atoms with E-state index in [2.05, 4.69) is 15.6 Å². The quantitative estimate of drug-likeness (QED) is 0.490. The Morgan fingerprint density at radius 1 is 1.00 bits per heavy atom. The van der Waals surface area contributed by atoms with Crippen molar-refractivity contribution in [1.29, 1.82) is 0 Å². The highest BCUT2D eigenvalue weighted by Gasteiger charge is 2.33. The molecule has 4 rings (SSSR count). The number of nitrogens with zero attached hydrogens (tertiary/aromatic N) is 1. The highest BCUT2D eigenvalue weighted by molar-refractivity contribution is 5.95. The van der Waals surface area contributed by atoms with E-state index in [4.69, 9.17) is 9.47 Å². The van der Waals surface area contributed by atoms with E-state index < -0.39 is 12.0 Å². The number of methoxy groups -OCH3 is 1. The molecule has 174 valence electrons. The summed E-state index contributed by atoms with van der Waals surface area (Å²) in [6.45, 7) is 2.01. The molecule has 7 nitrogen and oxygen atoms in total. The zero-order valence-corrected chi connectivity index (χ0v) is 19.2. The van der Waals surface area contributed by atoms with Crippen LogP contribution in [0.1, 0.15) is 34.8 Å². The van der Waals surface area contributed by atoms with Crippen LogP contribution in [0.25, 0.3) is 0 Å². The van der Waals surface area contributed by atoms with Gasteiger partial charge in [0, 0.05) is 17.6 Å². The van der Waals surface area contributed by atoms with Crippen LogP contribution in [0.5, 0.6) is 5.75 Å². The number of allylic oxidation sites excluding steroid dienone is 1. The second-order valence-electron chi connectivity index (χ2n) is 8.07. The van der Waals surface area contributed by atoms with Crippen LogP contribution in [0.3, 0.4) is 0 Å². The lowest BCUT2D eigenvalue weighted by Gasteiger charge is -2.29. The average molecular weight is 458 g/mol. The summed E-state index contributed by atoms with van der Waals surface area (Å²) in [7, 11) is 1.62. The molecule has 7 heteroatoms. The number of carbonyl (C=O) groups is 2. The molecule has 2 aromatic carbocycles. The van der Waals surface area contributed by atoms with E-state index in [1.165, 1.54) is 0 Å². The van der Waals surface area contributed by atoms with Crippen molar-refractivity contribution in [2.45, 2.75) is 32.4 Å². The van der Waals surface area contributed by atoms with Crippen molar-refractivity contribution in [1.82, 2.24) is 15.6 Å². The predicted molar refractivity (Wildman–Crippen MR) is 128 cm³/mol. The van der Waals surface area contributed by atoms with Crippen LogP contribution in [0.4, 0.5) is 4.79 Å². The molecule has 3 aromatic rings. The van der Waals surface area contributed by atoms with Crippen molar-refractivity contribution < 1.29 is 19.1 Å². The summed E-state index contributed by atoms with van der Waals surface area (Å²) in [5.41, 5.74) is 4.42. The number of urea groups is 1. The second-order valence-corrected chi connectivity index (χ2v) is 8.07. The molecule has 2 amide bonds. The normalized spacial score (nSPS) is 15.4. The lowest BCUT2D eigenvalue weighted by Crippen LogP contribution is -2.46. The Kier molecular flexibility index (Phi) is 7.22. The monoisotopic (exact) mass is 457 g/mol. The lowest BCUT2D eigenvalue weighted by molar-refractivity contribution is -0.140. The third-order valence-electron chi connectivity index (χ3n) is 5.64. The van der Waals surface area contributed by atoms with Gasteiger partial charge in [-0.25, -0.2) is 9.59 Å². The summed E-state index contributed by atoms with van der Waals surface area (Å²) in [6.07, 6.45) is 2.74. The first-order chi connectivity index (χ1) is 16.5. The van der Waals surface area contributed by atoms with E-state index in [0.717, 1.165) is 28.1 Å². The molecule has 0 aliphatic carbocycles. The smallest absolute Gasteiger partial charge is 0.338 e. The molecular formula is C27H27N3O4. The number of rotatable bonds is 8. The molecule has 34 heavy (non-hydrogen) atoms. The minimum Gasteiger partial charge on any atom is -0.497 e. The average Bonchev–Trinajstić information content (AvgIpc) is 2.86. The zero-order valence-electron chi connectivity index (χ0n) is 19.2. The van der Waals surface area contributed by atoms with Gasteiger partial charge in [0.15, 0.2) is 0 Å². The van der Waals surface area contributed by atoms with Crippen LogP contribution in [-0.4, -0.2) is 24.1 Å². The number of nitrogens with one attached hydrogen (secondary N) is 2. The third kappa shape index (κ3) is 5.61. The Morgan fingerprint density at radius 3 is 2.56 bits per heavy atom. The van der Waals surface area contributed by atoms with Crippen LogP contribution < -0.4 is 15.4 Å². The maximum Gasteiger partial charge on any atom is 0.338 e. The molecule has 0 saturated heterocycles. The Balaban J connectivity index is 1.65. The van der Waals surface area contributed by atoms with E-state index in [-0.39, 0.29) is 12.6 Å². The Morgan fingerprint density at radius 2 is 1.79 bits per heavy atom. The molecule has 2 heterocycles. The van der Waals surface area contributed by atoms with Gasteiger partial charge in [-0.2, -0.15) is 0 Å². The van der Waals surface area contributed by atoms with Gasteiger partial charge in [-0.15, -0.1) is 0 Å². The van der Waals surface area contributed by atoms with Crippen LogP contribution >= 0.6 is 0 Å². The number of aromatic nitrogens is 1. The van der Waals surface area contributed by atoms with Crippen molar-refractivity contribution in [3.05, 3.63) is 107 Å². The van der Waals surface area contributed by atoms with Gasteiger partial charge in [-0.3, -0.25) is 4.98 Å². The van der Waals surface area contributed by atoms with Gasteiger partial charge < -0.3 is 20.1 Å².